The van der Waals surface area contributed by atoms with Gasteiger partial charge in [-0.3, -0.25) is 4.98 Å². The molecule has 1 fully saturated rings. The molecule has 0 radical (unpaired) electrons. The van der Waals surface area contributed by atoms with Gasteiger partial charge in [0.05, 0.1) is 13.2 Å². The first-order chi connectivity index (χ1) is 11.2. The average molecular weight is 316 g/mol. The van der Waals surface area contributed by atoms with E-state index in [2.05, 4.69) is 34.0 Å². The Morgan fingerprint density at radius 1 is 1.22 bits per heavy atom. The molecule has 1 N–H and O–H groups in total. The predicted molar refractivity (Wildman–Crippen MR) is 88.0 cm³/mol. The van der Waals surface area contributed by atoms with Gasteiger partial charge in [0.15, 0.2) is 5.82 Å². The summed E-state index contributed by atoms with van der Waals surface area (Å²) in [6, 6.07) is 4.23. The van der Waals surface area contributed by atoms with Gasteiger partial charge in [-0.25, -0.2) is 9.67 Å². The molecule has 124 valence electrons. The van der Waals surface area contributed by atoms with Crippen molar-refractivity contribution in [3.63, 3.8) is 0 Å². The molecule has 1 unspecified atom stereocenters. The lowest BCUT2D eigenvalue weighted by Crippen LogP contribution is -2.51. The Balaban J connectivity index is 1.84. The van der Waals surface area contributed by atoms with Gasteiger partial charge in [-0.15, -0.1) is 0 Å². The molecule has 0 aliphatic carbocycles. The van der Waals surface area contributed by atoms with E-state index in [1.807, 2.05) is 16.8 Å². The number of piperazine rings is 1. The minimum atomic E-state index is 0.0621. The highest BCUT2D eigenvalue weighted by Crippen LogP contribution is 2.17. The van der Waals surface area contributed by atoms with E-state index in [1.165, 1.54) is 0 Å². The van der Waals surface area contributed by atoms with Crippen molar-refractivity contribution in [2.45, 2.75) is 19.0 Å². The lowest BCUT2D eigenvalue weighted by Gasteiger charge is -2.37. The molecule has 3 rings (SSSR count). The minimum Gasteiger partial charge on any atom is -0.394 e. The quantitative estimate of drug-likeness (QED) is 0.845. The largest absolute Gasteiger partial charge is 0.394 e. The van der Waals surface area contributed by atoms with Gasteiger partial charge in [-0.05, 0) is 26.2 Å². The van der Waals surface area contributed by atoms with E-state index in [0.29, 0.717) is 18.4 Å². The zero-order chi connectivity index (χ0) is 16.2. The summed E-state index contributed by atoms with van der Waals surface area (Å²) in [7, 11) is 4.31. The Kier molecular flexibility index (Phi) is 5.00. The number of hydrogen-bond acceptors (Lipinski definition) is 6. The molecule has 0 amide bonds. The van der Waals surface area contributed by atoms with E-state index < -0.39 is 0 Å². The monoisotopic (exact) mass is 316 g/mol. The molecule has 0 bridgehead atoms. The molecule has 1 atom stereocenters. The number of rotatable bonds is 5. The first-order valence-corrected chi connectivity index (χ1v) is 8.01. The van der Waals surface area contributed by atoms with Crippen LogP contribution in [0.2, 0.25) is 0 Å². The van der Waals surface area contributed by atoms with Gasteiger partial charge in [0.25, 0.3) is 0 Å². The topological polar surface area (TPSA) is 70.3 Å². The van der Waals surface area contributed by atoms with Crippen LogP contribution in [0, 0.1) is 0 Å². The molecule has 1 saturated heterocycles. The zero-order valence-corrected chi connectivity index (χ0v) is 13.8. The fourth-order valence-corrected chi connectivity index (χ4v) is 2.96. The second-order valence-corrected chi connectivity index (χ2v) is 6.14. The van der Waals surface area contributed by atoms with E-state index >= 15 is 0 Å². The molecule has 0 saturated carbocycles. The number of aliphatic hydroxyl groups is 1. The maximum absolute atomic E-state index is 9.31. The predicted octanol–water partition coefficient (Wildman–Crippen LogP) is 0.121. The van der Waals surface area contributed by atoms with Crippen molar-refractivity contribution in [1.29, 1.82) is 0 Å². The highest BCUT2D eigenvalue weighted by molar-refractivity contribution is 5.53. The average Bonchev–Trinajstić information content (AvgIpc) is 2.95. The van der Waals surface area contributed by atoms with Crippen LogP contribution in [0.25, 0.3) is 11.4 Å². The number of nitrogens with zero attached hydrogens (tertiary/aromatic N) is 6. The molecule has 1 aliphatic rings. The third kappa shape index (κ3) is 3.74. The van der Waals surface area contributed by atoms with Crippen LogP contribution in [0.5, 0.6) is 0 Å². The van der Waals surface area contributed by atoms with Crippen LogP contribution in [0.4, 0.5) is 0 Å². The third-order valence-electron chi connectivity index (χ3n) is 4.40. The fourth-order valence-electron chi connectivity index (χ4n) is 2.96. The van der Waals surface area contributed by atoms with Crippen LogP contribution >= 0.6 is 0 Å². The first-order valence-electron chi connectivity index (χ1n) is 8.01. The van der Waals surface area contributed by atoms with E-state index in [4.69, 9.17) is 4.98 Å². The summed E-state index contributed by atoms with van der Waals surface area (Å²) in [5.41, 5.74) is 0.951. The summed E-state index contributed by atoms with van der Waals surface area (Å²) in [5, 5.41) is 13.9. The number of aliphatic hydroxyl groups excluding tert-OH is 1. The van der Waals surface area contributed by atoms with E-state index in [1.54, 1.807) is 12.4 Å². The fraction of sp³-hybridized carbons (Fsp3) is 0.562. The Labute approximate surface area is 136 Å². The Morgan fingerprint density at radius 2 is 2.00 bits per heavy atom. The maximum Gasteiger partial charge on any atom is 0.181 e. The number of aromatic nitrogens is 4. The summed E-state index contributed by atoms with van der Waals surface area (Å²) in [6.45, 7) is 3.71. The second-order valence-electron chi connectivity index (χ2n) is 6.14. The van der Waals surface area contributed by atoms with Gasteiger partial charge in [0.1, 0.15) is 5.82 Å². The summed E-state index contributed by atoms with van der Waals surface area (Å²) in [4.78, 5) is 13.5. The minimum absolute atomic E-state index is 0.0621. The summed E-state index contributed by atoms with van der Waals surface area (Å²) < 4.78 is 1.83. The summed E-state index contributed by atoms with van der Waals surface area (Å²) in [5.74, 6) is 1.63. The van der Waals surface area contributed by atoms with Gasteiger partial charge in [-0.1, -0.05) is 0 Å². The lowest BCUT2D eigenvalue weighted by atomic mass is 10.1. The molecular weight excluding hydrogens is 292 g/mol. The van der Waals surface area contributed by atoms with Crippen molar-refractivity contribution in [1.82, 2.24) is 29.5 Å². The van der Waals surface area contributed by atoms with Gasteiger partial charge in [-0.2, -0.15) is 5.10 Å². The van der Waals surface area contributed by atoms with E-state index in [0.717, 1.165) is 37.4 Å². The van der Waals surface area contributed by atoms with Crippen LogP contribution in [-0.4, -0.2) is 81.0 Å². The Morgan fingerprint density at radius 3 is 2.74 bits per heavy atom. The van der Waals surface area contributed by atoms with Gasteiger partial charge < -0.3 is 14.9 Å². The van der Waals surface area contributed by atoms with Crippen LogP contribution < -0.4 is 0 Å². The van der Waals surface area contributed by atoms with Gasteiger partial charge in [0, 0.05) is 50.1 Å². The van der Waals surface area contributed by atoms with Crippen LogP contribution in [-0.2, 0) is 13.0 Å². The first kappa shape index (κ1) is 16.0. The highest BCUT2D eigenvalue weighted by atomic mass is 16.3. The number of likely N-dealkylation sites (N-methyl/N-ethyl adjacent to an activating group) is 2. The summed E-state index contributed by atoms with van der Waals surface area (Å²) >= 11 is 0. The molecule has 0 spiro atoms. The maximum atomic E-state index is 9.31. The molecule has 0 aromatic carbocycles. The van der Waals surface area contributed by atoms with Crippen LogP contribution in [0.15, 0.2) is 24.5 Å². The highest BCUT2D eigenvalue weighted by Gasteiger charge is 2.25. The smallest absolute Gasteiger partial charge is 0.181 e. The van der Waals surface area contributed by atoms with Crippen LogP contribution in [0.3, 0.4) is 0 Å². The lowest BCUT2D eigenvalue weighted by molar-refractivity contribution is 0.112. The number of pyridine rings is 1. The summed E-state index contributed by atoms with van der Waals surface area (Å²) in [6.07, 6.45) is 4.32. The standard InChI is InChI=1S/C16H24N6O/c1-20-7-8-21(2)14(12-20)11-15-18-16(19-22(15)9-10-23)13-3-5-17-6-4-13/h3-6,14,23H,7-12H2,1-2H3. The third-order valence-corrected chi connectivity index (χ3v) is 4.40. The van der Waals surface area contributed by atoms with Crippen molar-refractivity contribution in [3.05, 3.63) is 30.4 Å². The van der Waals surface area contributed by atoms with Crippen molar-refractivity contribution in [2.24, 2.45) is 0 Å². The number of hydrogen-bond donors (Lipinski definition) is 1. The van der Waals surface area contributed by atoms with Gasteiger partial charge in [0.2, 0.25) is 0 Å². The molecule has 7 nitrogen and oxygen atoms in total. The molecule has 23 heavy (non-hydrogen) atoms. The molecular formula is C16H24N6O. The van der Waals surface area contributed by atoms with E-state index in [-0.39, 0.29) is 6.61 Å². The van der Waals surface area contributed by atoms with E-state index in [9.17, 15) is 5.11 Å². The molecule has 3 heterocycles. The molecule has 2 aromatic rings. The van der Waals surface area contributed by atoms with Gasteiger partial charge >= 0.3 is 0 Å². The second kappa shape index (κ2) is 7.16. The molecule has 2 aromatic heterocycles. The van der Waals surface area contributed by atoms with Crippen molar-refractivity contribution >= 4 is 0 Å². The van der Waals surface area contributed by atoms with Crippen molar-refractivity contribution < 1.29 is 5.11 Å². The zero-order valence-electron chi connectivity index (χ0n) is 13.8. The normalized spacial score (nSPS) is 20.0. The Hall–Kier alpha value is -1.83. The van der Waals surface area contributed by atoms with Crippen LogP contribution in [0.1, 0.15) is 5.82 Å². The Bertz CT molecular complexity index is 629. The van der Waals surface area contributed by atoms with Crippen molar-refractivity contribution in [2.75, 3.05) is 40.3 Å². The SMILES string of the molecule is CN1CCN(C)C(Cc2nc(-c3ccncc3)nn2CCO)C1. The van der Waals surface area contributed by atoms with Crippen molar-refractivity contribution in [3.8, 4) is 11.4 Å². The molecule has 7 heteroatoms. The molecule has 1 aliphatic heterocycles.